The molecule has 3 aromatic rings. The van der Waals surface area contributed by atoms with Gasteiger partial charge in [0.05, 0.1) is 17.2 Å². The van der Waals surface area contributed by atoms with Gasteiger partial charge in [0.15, 0.2) is 5.82 Å². The van der Waals surface area contributed by atoms with Crippen molar-refractivity contribution < 1.29 is 18.0 Å². The number of carbonyl (C=O) groups excluding carboxylic acids is 1. The van der Waals surface area contributed by atoms with E-state index in [9.17, 15) is 18.0 Å². The van der Waals surface area contributed by atoms with E-state index in [4.69, 9.17) is 0 Å². The largest absolute Gasteiger partial charge is 0.416 e. The molecule has 7 nitrogen and oxygen atoms in total. The number of halogens is 3. The number of benzene rings is 1. The quantitative estimate of drug-likeness (QED) is 0.706. The highest BCUT2D eigenvalue weighted by Crippen LogP contribution is 2.30. The van der Waals surface area contributed by atoms with Gasteiger partial charge in [-0.3, -0.25) is 4.79 Å². The Morgan fingerprint density at radius 2 is 1.73 bits per heavy atom. The van der Waals surface area contributed by atoms with Gasteiger partial charge in [0, 0.05) is 30.5 Å². The van der Waals surface area contributed by atoms with Gasteiger partial charge in [-0.2, -0.15) is 18.3 Å². The lowest BCUT2D eigenvalue weighted by molar-refractivity contribution is -0.137. The number of aryl methyl sites for hydroxylation is 2. The van der Waals surface area contributed by atoms with E-state index in [2.05, 4.69) is 20.4 Å². The molecule has 0 unspecified atom stereocenters. The summed E-state index contributed by atoms with van der Waals surface area (Å²) in [6.07, 6.45) is -2.95. The highest BCUT2D eigenvalue weighted by Gasteiger charge is 2.34. The minimum atomic E-state index is -4.40. The second kappa shape index (κ2) is 7.43. The number of alkyl halides is 3. The molecule has 1 saturated heterocycles. The molecule has 0 bridgehead atoms. The third kappa shape index (κ3) is 3.98. The van der Waals surface area contributed by atoms with Gasteiger partial charge in [-0.05, 0) is 44.2 Å². The first-order chi connectivity index (χ1) is 14.2. The fourth-order valence-corrected chi connectivity index (χ4v) is 3.31. The van der Waals surface area contributed by atoms with Gasteiger partial charge >= 0.3 is 6.18 Å². The van der Waals surface area contributed by atoms with E-state index in [1.165, 1.54) is 18.5 Å². The van der Waals surface area contributed by atoms with Crippen molar-refractivity contribution in [3.63, 3.8) is 0 Å². The minimum absolute atomic E-state index is 0.237. The molecule has 2 aromatic heterocycles. The van der Waals surface area contributed by atoms with Gasteiger partial charge in [-0.15, -0.1) is 0 Å². The number of anilines is 2. The molecule has 1 N–H and O–H groups in total. The number of aromatic nitrogens is 4. The summed E-state index contributed by atoms with van der Waals surface area (Å²) in [6.45, 7) is 4.76. The van der Waals surface area contributed by atoms with Crippen LogP contribution in [0, 0.1) is 19.8 Å². The van der Waals surface area contributed by atoms with E-state index < -0.39 is 11.7 Å². The summed E-state index contributed by atoms with van der Waals surface area (Å²) >= 11 is 0. The van der Waals surface area contributed by atoms with Crippen LogP contribution in [-0.2, 0) is 11.0 Å². The predicted octanol–water partition coefficient (Wildman–Crippen LogP) is 3.37. The standard InChI is InChI=1S/C20H19F3N6O/c1-12-7-13(2)29(27-12)18-8-17(24-11-25-18)28-9-14(10-28)19(30)26-16-5-3-15(4-6-16)20(21,22)23/h3-8,11,14H,9-10H2,1-2H3,(H,26,30). The van der Waals surface area contributed by atoms with Crippen molar-refractivity contribution in [1.82, 2.24) is 19.7 Å². The molecule has 0 radical (unpaired) electrons. The van der Waals surface area contributed by atoms with Gasteiger partial charge in [-0.1, -0.05) is 0 Å². The van der Waals surface area contributed by atoms with Crippen molar-refractivity contribution in [3.8, 4) is 5.82 Å². The molecule has 0 aliphatic carbocycles. The maximum Gasteiger partial charge on any atom is 0.416 e. The number of rotatable bonds is 4. The second-order valence-electron chi connectivity index (χ2n) is 7.24. The Morgan fingerprint density at radius 3 is 2.33 bits per heavy atom. The van der Waals surface area contributed by atoms with Crippen molar-refractivity contribution in [2.75, 3.05) is 23.3 Å². The molecule has 1 aromatic carbocycles. The summed E-state index contributed by atoms with van der Waals surface area (Å²) < 4.78 is 39.6. The lowest BCUT2D eigenvalue weighted by atomic mass is 9.99. The number of amides is 1. The number of nitrogens with one attached hydrogen (secondary N) is 1. The maximum atomic E-state index is 12.6. The normalized spacial score (nSPS) is 14.5. The Bertz CT molecular complexity index is 1070. The van der Waals surface area contributed by atoms with Crippen LogP contribution in [-0.4, -0.2) is 38.7 Å². The highest BCUT2D eigenvalue weighted by atomic mass is 19.4. The van der Waals surface area contributed by atoms with Crippen LogP contribution < -0.4 is 10.2 Å². The Labute approximate surface area is 170 Å². The van der Waals surface area contributed by atoms with Crippen molar-refractivity contribution in [1.29, 1.82) is 0 Å². The summed E-state index contributed by atoms with van der Waals surface area (Å²) in [5.74, 6) is 0.813. The lowest BCUT2D eigenvalue weighted by Crippen LogP contribution is -2.52. The molecule has 0 atom stereocenters. The Hall–Kier alpha value is -3.43. The first-order valence-electron chi connectivity index (χ1n) is 9.29. The first kappa shape index (κ1) is 19.9. The third-order valence-electron chi connectivity index (χ3n) is 4.92. The van der Waals surface area contributed by atoms with Crippen LogP contribution >= 0.6 is 0 Å². The highest BCUT2D eigenvalue weighted by molar-refractivity contribution is 5.94. The van der Waals surface area contributed by atoms with Gasteiger partial charge in [0.1, 0.15) is 12.1 Å². The van der Waals surface area contributed by atoms with Crippen LogP contribution in [0.15, 0.2) is 42.7 Å². The monoisotopic (exact) mass is 416 g/mol. The SMILES string of the molecule is Cc1cc(C)n(-c2cc(N3CC(C(=O)Nc4ccc(C(F)(F)F)cc4)C3)ncn2)n1. The number of hydrogen-bond donors (Lipinski definition) is 1. The van der Waals surface area contributed by atoms with E-state index in [-0.39, 0.29) is 11.8 Å². The van der Waals surface area contributed by atoms with Crippen molar-refractivity contribution in [2.45, 2.75) is 20.0 Å². The first-order valence-corrected chi connectivity index (χ1v) is 9.29. The molecule has 1 amide bonds. The topological polar surface area (TPSA) is 75.9 Å². The molecule has 3 heterocycles. The smallest absolute Gasteiger partial charge is 0.355 e. The van der Waals surface area contributed by atoms with Crippen molar-refractivity contribution >= 4 is 17.4 Å². The van der Waals surface area contributed by atoms with Gasteiger partial charge in [0.25, 0.3) is 0 Å². The van der Waals surface area contributed by atoms with E-state index in [1.54, 1.807) is 4.68 Å². The summed E-state index contributed by atoms with van der Waals surface area (Å²) in [5, 5.41) is 7.07. The summed E-state index contributed by atoms with van der Waals surface area (Å²) in [7, 11) is 0. The average molecular weight is 416 g/mol. The Kier molecular flexibility index (Phi) is 4.92. The van der Waals surface area contributed by atoms with Gasteiger partial charge in [-0.25, -0.2) is 14.6 Å². The van der Waals surface area contributed by atoms with Crippen LogP contribution in [0.5, 0.6) is 0 Å². The molecular weight excluding hydrogens is 397 g/mol. The molecule has 1 aliphatic heterocycles. The van der Waals surface area contributed by atoms with E-state index in [1.807, 2.05) is 30.9 Å². The Morgan fingerprint density at radius 1 is 1.07 bits per heavy atom. The van der Waals surface area contributed by atoms with Gasteiger partial charge < -0.3 is 10.2 Å². The van der Waals surface area contributed by atoms with Crippen molar-refractivity contribution in [2.24, 2.45) is 5.92 Å². The van der Waals surface area contributed by atoms with Crippen LogP contribution in [0.4, 0.5) is 24.7 Å². The van der Waals surface area contributed by atoms with Crippen LogP contribution in [0.1, 0.15) is 17.0 Å². The second-order valence-corrected chi connectivity index (χ2v) is 7.24. The van der Waals surface area contributed by atoms with Crippen LogP contribution in [0.25, 0.3) is 5.82 Å². The molecule has 0 saturated carbocycles. The van der Waals surface area contributed by atoms with Gasteiger partial charge in [0.2, 0.25) is 5.91 Å². The number of hydrogen-bond acceptors (Lipinski definition) is 5. The van der Waals surface area contributed by atoms with Crippen molar-refractivity contribution in [3.05, 3.63) is 59.7 Å². The molecule has 10 heteroatoms. The number of carbonyl (C=O) groups is 1. The fourth-order valence-electron chi connectivity index (χ4n) is 3.31. The van der Waals surface area contributed by atoms with Crippen LogP contribution in [0.2, 0.25) is 0 Å². The van der Waals surface area contributed by atoms with E-state index in [0.29, 0.717) is 30.4 Å². The fraction of sp³-hybridized carbons (Fsp3) is 0.300. The molecule has 1 aliphatic rings. The molecule has 30 heavy (non-hydrogen) atoms. The molecule has 0 spiro atoms. The van der Waals surface area contributed by atoms with Crippen LogP contribution in [0.3, 0.4) is 0 Å². The molecule has 4 rings (SSSR count). The zero-order valence-electron chi connectivity index (χ0n) is 16.3. The third-order valence-corrected chi connectivity index (χ3v) is 4.92. The zero-order chi connectivity index (χ0) is 21.5. The van der Waals surface area contributed by atoms with E-state index in [0.717, 1.165) is 23.5 Å². The summed E-state index contributed by atoms with van der Waals surface area (Å²) in [4.78, 5) is 22.9. The Balaban J connectivity index is 1.37. The molecule has 156 valence electrons. The average Bonchev–Trinajstić information content (AvgIpc) is 2.99. The zero-order valence-corrected chi connectivity index (χ0v) is 16.3. The number of nitrogens with zero attached hydrogens (tertiary/aromatic N) is 5. The summed E-state index contributed by atoms with van der Waals surface area (Å²) in [5.41, 5.74) is 1.42. The van der Waals surface area contributed by atoms with E-state index >= 15 is 0 Å². The maximum absolute atomic E-state index is 12.6. The minimum Gasteiger partial charge on any atom is -0.355 e. The molecule has 1 fully saturated rings. The lowest BCUT2D eigenvalue weighted by Gasteiger charge is -2.39. The predicted molar refractivity (Wildman–Crippen MR) is 104 cm³/mol. The molecular formula is C20H19F3N6O. The summed E-state index contributed by atoms with van der Waals surface area (Å²) in [6, 6.07) is 8.16.